The van der Waals surface area contributed by atoms with Crippen LogP contribution in [0.1, 0.15) is 22.1 Å². The first-order valence-electron chi connectivity index (χ1n) is 5.66. The van der Waals surface area contributed by atoms with E-state index in [2.05, 4.69) is 21.2 Å². The van der Waals surface area contributed by atoms with E-state index in [0.29, 0.717) is 16.3 Å². The summed E-state index contributed by atoms with van der Waals surface area (Å²) >= 11 is 9.28. The van der Waals surface area contributed by atoms with Crippen LogP contribution in [-0.2, 0) is 0 Å². The molecule has 0 bridgehead atoms. The van der Waals surface area contributed by atoms with Gasteiger partial charge in [0.15, 0.2) is 6.23 Å². The number of rotatable bonds is 1. The van der Waals surface area contributed by atoms with E-state index in [9.17, 15) is 4.79 Å². The van der Waals surface area contributed by atoms with Crippen molar-refractivity contribution >= 4 is 33.4 Å². The Bertz CT molecular complexity index is 660. The second kappa shape index (κ2) is 4.87. The van der Waals surface area contributed by atoms with Gasteiger partial charge in [0.2, 0.25) is 0 Å². The van der Waals surface area contributed by atoms with Gasteiger partial charge in [-0.1, -0.05) is 39.7 Å². The highest BCUT2D eigenvalue weighted by atomic mass is 79.9. The van der Waals surface area contributed by atoms with Crippen LogP contribution in [0.15, 0.2) is 46.9 Å². The fourth-order valence-corrected chi connectivity index (χ4v) is 2.52. The number of fused-ring (bicyclic) bond motifs is 1. The molecule has 1 aliphatic heterocycles. The van der Waals surface area contributed by atoms with Crippen molar-refractivity contribution in [1.29, 1.82) is 0 Å². The fraction of sp³-hybridized carbons (Fsp3) is 0.0714. The monoisotopic (exact) mass is 337 g/mol. The van der Waals surface area contributed by atoms with E-state index < -0.39 is 6.23 Å². The van der Waals surface area contributed by atoms with Crippen LogP contribution in [0.25, 0.3) is 0 Å². The normalized spacial score (nSPS) is 17.4. The van der Waals surface area contributed by atoms with E-state index >= 15 is 0 Å². The van der Waals surface area contributed by atoms with Crippen LogP contribution in [-0.4, -0.2) is 5.91 Å². The third-order valence-electron chi connectivity index (χ3n) is 2.84. The summed E-state index contributed by atoms with van der Waals surface area (Å²) in [7, 11) is 0. The maximum absolute atomic E-state index is 12.1. The third kappa shape index (κ3) is 2.46. The maximum atomic E-state index is 12.1. The molecule has 0 saturated heterocycles. The molecule has 1 unspecified atom stereocenters. The lowest BCUT2D eigenvalue weighted by Crippen LogP contribution is -2.36. The Morgan fingerprint density at radius 1 is 1.21 bits per heavy atom. The molecule has 1 amide bonds. The van der Waals surface area contributed by atoms with E-state index in [1.54, 1.807) is 24.3 Å². The highest BCUT2D eigenvalue weighted by Crippen LogP contribution is 2.31. The number of carbonyl (C=O) groups excluding carboxylic acids is 1. The zero-order valence-electron chi connectivity index (χ0n) is 9.69. The molecule has 1 heterocycles. The molecule has 1 aliphatic rings. The number of amides is 1. The molecule has 3 rings (SSSR count). The van der Waals surface area contributed by atoms with Crippen molar-refractivity contribution in [3.63, 3.8) is 0 Å². The van der Waals surface area contributed by atoms with Crippen LogP contribution >= 0.6 is 27.5 Å². The molecule has 3 nitrogen and oxygen atoms in total. The molecule has 0 spiro atoms. The molecule has 0 radical (unpaired) electrons. The fourth-order valence-electron chi connectivity index (χ4n) is 1.96. The topological polar surface area (TPSA) is 38.3 Å². The lowest BCUT2D eigenvalue weighted by molar-refractivity contribution is 0.0756. The number of ether oxygens (including phenoxy) is 1. The number of nitrogens with one attached hydrogen (secondary N) is 1. The molecular weight excluding hydrogens is 330 g/mol. The van der Waals surface area contributed by atoms with Crippen LogP contribution in [0.4, 0.5) is 0 Å². The summed E-state index contributed by atoms with van der Waals surface area (Å²) in [5, 5.41) is 3.41. The van der Waals surface area contributed by atoms with Crippen molar-refractivity contribution in [3.8, 4) is 5.75 Å². The smallest absolute Gasteiger partial charge is 0.258 e. The van der Waals surface area contributed by atoms with Gasteiger partial charge in [-0.25, -0.2) is 0 Å². The molecule has 0 aliphatic carbocycles. The number of hydrogen-bond acceptors (Lipinski definition) is 2. The largest absolute Gasteiger partial charge is 0.466 e. The molecule has 2 aromatic rings. The number of halogens is 2. The van der Waals surface area contributed by atoms with Gasteiger partial charge in [-0.05, 0) is 30.3 Å². The summed E-state index contributed by atoms with van der Waals surface area (Å²) in [6.45, 7) is 0. The SMILES string of the molecule is O=C1NC(c2cccc(Cl)c2)Oc2ccc(Br)cc21. The molecule has 2 aromatic carbocycles. The first-order chi connectivity index (χ1) is 9.13. The van der Waals surface area contributed by atoms with Crippen LogP contribution < -0.4 is 10.1 Å². The Labute approximate surface area is 123 Å². The van der Waals surface area contributed by atoms with Crippen molar-refractivity contribution in [3.05, 3.63) is 63.1 Å². The molecule has 5 heteroatoms. The van der Waals surface area contributed by atoms with Crippen molar-refractivity contribution in [2.75, 3.05) is 0 Å². The second-order valence-corrected chi connectivity index (χ2v) is 5.52. The third-order valence-corrected chi connectivity index (χ3v) is 3.57. The number of carbonyl (C=O) groups is 1. The Balaban J connectivity index is 1.97. The van der Waals surface area contributed by atoms with Gasteiger partial charge >= 0.3 is 0 Å². The molecule has 19 heavy (non-hydrogen) atoms. The van der Waals surface area contributed by atoms with Crippen molar-refractivity contribution in [2.24, 2.45) is 0 Å². The predicted octanol–water partition coefficient (Wildman–Crippen LogP) is 3.92. The molecule has 96 valence electrons. The molecule has 0 saturated carbocycles. The first-order valence-corrected chi connectivity index (χ1v) is 6.83. The number of benzene rings is 2. The van der Waals surface area contributed by atoms with Gasteiger partial charge in [0.1, 0.15) is 5.75 Å². The predicted molar refractivity (Wildman–Crippen MR) is 76.4 cm³/mol. The zero-order valence-corrected chi connectivity index (χ0v) is 12.0. The van der Waals surface area contributed by atoms with Gasteiger partial charge in [0.05, 0.1) is 5.56 Å². The van der Waals surface area contributed by atoms with E-state index in [-0.39, 0.29) is 5.91 Å². The van der Waals surface area contributed by atoms with Gasteiger partial charge in [-0.2, -0.15) is 0 Å². The highest BCUT2D eigenvalue weighted by Gasteiger charge is 2.26. The van der Waals surface area contributed by atoms with Crippen LogP contribution in [0, 0.1) is 0 Å². The summed E-state index contributed by atoms with van der Waals surface area (Å²) in [5.41, 5.74) is 1.34. The lowest BCUT2D eigenvalue weighted by atomic mass is 10.1. The van der Waals surface area contributed by atoms with E-state index in [0.717, 1.165) is 10.0 Å². The van der Waals surface area contributed by atoms with Crippen LogP contribution in [0.5, 0.6) is 5.75 Å². The highest BCUT2D eigenvalue weighted by molar-refractivity contribution is 9.10. The Hall–Kier alpha value is -1.52. The number of hydrogen-bond donors (Lipinski definition) is 1. The van der Waals surface area contributed by atoms with E-state index in [1.165, 1.54) is 0 Å². The molecule has 1 N–H and O–H groups in total. The van der Waals surface area contributed by atoms with E-state index in [4.69, 9.17) is 16.3 Å². The minimum Gasteiger partial charge on any atom is -0.466 e. The Morgan fingerprint density at radius 3 is 2.84 bits per heavy atom. The molecule has 0 aromatic heterocycles. The average Bonchev–Trinajstić information content (AvgIpc) is 2.39. The summed E-state index contributed by atoms with van der Waals surface area (Å²) < 4.78 is 6.63. The van der Waals surface area contributed by atoms with Crippen molar-refractivity contribution in [2.45, 2.75) is 6.23 Å². The summed E-state index contributed by atoms with van der Waals surface area (Å²) in [6, 6.07) is 12.6. The first kappa shape index (κ1) is 12.5. The van der Waals surface area contributed by atoms with Crippen molar-refractivity contribution in [1.82, 2.24) is 5.32 Å². The maximum Gasteiger partial charge on any atom is 0.258 e. The minimum atomic E-state index is -0.514. The van der Waals surface area contributed by atoms with Gasteiger partial charge in [-0.15, -0.1) is 0 Å². The molecule has 1 atom stereocenters. The van der Waals surface area contributed by atoms with Crippen molar-refractivity contribution < 1.29 is 9.53 Å². The molecular formula is C14H9BrClNO2. The Morgan fingerprint density at radius 2 is 2.05 bits per heavy atom. The van der Waals surface area contributed by atoms with Crippen LogP contribution in [0.2, 0.25) is 5.02 Å². The summed E-state index contributed by atoms with van der Waals surface area (Å²) in [6.07, 6.45) is -0.514. The van der Waals surface area contributed by atoms with E-state index in [1.807, 2.05) is 18.2 Å². The van der Waals surface area contributed by atoms with Crippen LogP contribution in [0.3, 0.4) is 0 Å². The quantitative estimate of drug-likeness (QED) is 0.856. The van der Waals surface area contributed by atoms with Gasteiger partial charge < -0.3 is 10.1 Å². The minimum absolute atomic E-state index is 0.160. The zero-order chi connectivity index (χ0) is 13.4. The standard InChI is InChI=1S/C14H9BrClNO2/c15-9-4-5-12-11(7-9)13(18)17-14(19-12)8-2-1-3-10(16)6-8/h1-7,14H,(H,17,18). The second-order valence-electron chi connectivity index (χ2n) is 4.17. The Kier molecular flexibility index (Phi) is 3.21. The van der Waals surface area contributed by atoms with Gasteiger partial charge in [-0.3, -0.25) is 4.79 Å². The van der Waals surface area contributed by atoms with Gasteiger partial charge in [0, 0.05) is 15.1 Å². The molecule has 0 fully saturated rings. The van der Waals surface area contributed by atoms with Gasteiger partial charge in [0.25, 0.3) is 5.91 Å². The average molecular weight is 339 g/mol. The summed E-state index contributed by atoms with van der Waals surface area (Å²) in [5.74, 6) is 0.407. The lowest BCUT2D eigenvalue weighted by Gasteiger charge is -2.27. The summed E-state index contributed by atoms with van der Waals surface area (Å²) in [4.78, 5) is 12.1.